The van der Waals surface area contributed by atoms with Crippen LogP contribution in [0.5, 0.6) is 11.5 Å². The van der Waals surface area contributed by atoms with Crippen molar-refractivity contribution in [1.82, 2.24) is 5.43 Å². The van der Waals surface area contributed by atoms with Gasteiger partial charge < -0.3 is 9.47 Å². The second kappa shape index (κ2) is 11.1. The van der Waals surface area contributed by atoms with E-state index in [1.165, 1.54) is 18.3 Å². The average Bonchev–Trinajstić information content (AvgIpc) is 2.73. The van der Waals surface area contributed by atoms with Gasteiger partial charge in [-0.25, -0.2) is 9.82 Å². The number of halogens is 4. The molecule has 3 aromatic rings. The Morgan fingerprint density at radius 3 is 2.58 bits per heavy atom. The van der Waals surface area contributed by atoms with Crippen molar-refractivity contribution in [2.24, 2.45) is 5.10 Å². The minimum absolute atomic E-state index is 0.220. The van der Waals surface area contributed by atoms with Gasteiger partial charge in [-0.3, -0.25) is 4.79 Å². The van der Waals surface area contributed by atoms with E-state index in [1.54, 1.807) is 49.6 Å². The van der Waals surface area contributed by atoms with Gasteiger partial charge in [0.05, 0.1) is 25.8 Å². The fourth-order valence-electron chi connectivity index (χ4n) is 2.61. The Balaban J connectivity index is 1.65. The van der Waals surface area contributed by atoms with E-state index in [0.29, 0.717) is 26.0 Å². The summed E-state index contributed by atoms with van der Waals surface area (Å²) >= 11 is 9.08. The number of hydrazone groups is 1. The van der Waals surface area contributed by atoms with Gasteiger partial charge in [0.15, 0.2) is 0 Å². The first-order valence-electron chi connectivity index (χ1n) is 8.90. The van der Waals surface area contributed by atoms with Gasteiger partial charge in [-0.05, 0) is 108 Å². The number of methoxy groups -OCH3 is 1. The molecular formula is C22H16Br2FIN2O3. The van der Waals surface area contributed by atoms with E-state index in [4.69, 9.17) is 9.47 Å². The third kappa shape index (κ3) is 6.50. The maximum absolute atomic E-state index is 13.3. The molecule has 0 radical (unpaired) electrons. The van der Waals surface area contributed by atoms with Gasteiger partial charge in [-0.2, -0.15) is 5.10 Å². The Morgan fingerprint density at radius 2 is 1.90 bits per heavy atom. The van der Waals surface area contributed by atoms with Gasteiger partial charge in [0.2, 0.25) is 0 Å². The van der Waals surface area contributed by atoms with Crippen molar-refractivity contribution < 1.29 is 18.7 Å². The number of hydrogen-bond acceptors (Lipinski definition) is 4. The minimum Gasteiger partial charge on any atom is -0.496 e. The van der Waals surface area contributed by atoms with Gasteiger partial charge in [0.25, 0.3) is 5.91 Å². The quantitative estimate of drug-likeness (QED) is 0.184. The van der Waals surface area contributed by atoms with Crippen molar-refractivity contribution in [3.63, 3.8) is 0 Å². The maximum Gasteiger partial charge on any atom is 0.271 e. The molecule has 31 heavy (non-hydrogen) atoms. The highest BCUT2D eigenvalue weighted by Gasteiger charge is 2.10. The number of carbonyl (C=O) groups excluding carboxylic acids is 1. The zero-order chi connectivity index (χ0) is 22.4. The molecule has 0 heterocycles. The highest BCUT2D eigenvalue weighted by atomic mass is 127. The van der Waals surface area contributed by atoms with E-state index in [-0.39, 0.29) is 18.3 Å². The van der Waals surface area contributed by atoms with Crippen LogP contribution in [0.1, 0.15) is 21.5 Å². The molecule has 0 aliphatic heterocycles. The predicted octanol–water partition coefficient (Wildman–Crippen LogP) is 6.31. The van der Waals surface area contributed by atoms with Gasteiger partial charge in [-0.1, -0.05) is 12.1 Å². The molecule has 0 spiro atoms. The number of ether oxygens (including phenoxy) is 2. The predicted molar refractivity (Wildman–Crippen MR) is 133 cm³/mol. The molecule has 0 atom stereocenters. The van der Waals surface area contributed by atoms with Crippen LogP contribution in [0.25, 0.3) is 0 Å². The normalized spacial score (nSPS) is 10.9. The van der Waals surface area contributed by atoms with Gasteiger partial charge in [0, 0.05) is 5.56 Å². The lowest BCUT2D eigenvalue weighted by Crippen LogP contribution is -2.17. The lowest BCUT2D eigenvalue weighted by molar-refractivity contribution is 0.0954. The number of nitrogens with zero attached hydrogens (tertiary/aromatic N) is 1. The summed E-state index contributed by atoms with van der Waals surface area (Å²) in [6.07, 6.45) is 1.52. The van der Waals surface area contributed by atoms with Gasteiger partial charge >= 0.3 is 0 Å². The molecule has 1 amide bonds. The Labute approximate surface area is 209 Å². The van der Waals surface area contributed by atoms with E-state index in [2.05, 4.69) is 65.0 Å². The number of hydrogen-bond donors (Lipinski definition) is 1. The SMILES string of the molecule is COc1cc(C(=O)N/N=C\c2cc(Br)c(OCc3cccc(F)c3)c(Br)c2)ccc1I. The molecule has 0 fully saturated rings. The standard InChI is InChI=1S/C22H16Br2FIN2O3/c1-30-20-10-15(5-6-19(20)26)22(29)28-27-11-14-8-17(23)21(18(24)9-14)31-12-13-3-2-4-16(25)7-13/h2-11H,12H2,1H3,(H,28,29)/b27-11-. The van der Waals surface area contributed by atoms with E-state index in [1.807, 2.05) is 0 Å². The molecule has 0 aliphatic rings. The van der Waals surface area contributed by atoms with Crippen LogP contribution in [0, 0.1) is 9.39 Å². The zero-order valence-electron chi connectivity index (χ0n) is 16.2. The smallest absolute Gasteiger partial charge is 0.271 e. The fourth-order valence-corrected chi connectivity index (χ4v) is 4.61. The molecule has 1 N–H and O–H groups in total. The van der Waals surface area contributed by atoms with Crippen LogP contribution in [-0.2, 0) is 6.61 Å². The zero-order valence-corrected chi connectivity index (χ0v) is 21.5. The summed E-state index contributed by atoms with van der Waals surface area (Å²) in [6, 6.07) is 15.0. The van der Waals surface area contributed by atoms with Gasteiger partial charge in [0.1, 0.15) is 23.9 Å². The topological polar surface area (TPSA) is 59.9 Å². The fraction of sp³-hybridized carbons (Fsp3) is 0.0909. The van der Waals surface area contributed by atoms with E-state index < -0.39 is 0 Å². The summed E-state index contributed by atoms with van der Waals surface area (Å²) in [5.74, 6) is 0.547. The first-order chi connectivity index (χ1) is 14.9. The van der Waals surface area contributed by atoms with Crippen LogP contribution < -0.4 is 14.9 Å². The first-order valence-corrected chi connectivity index (χ1v) is 11.6. The number of carbonyl (C=O) groups is 1. The van der Waals surface area contributed by atoms with E-state index >= 15 is 0 Å². The molecule has 0 bridgehead atoms. The van der Waals surface area contributed by atoms with Gasteiger partial charge in [-0.15, -0.1) is 0 Å². The van der Waals surface area contributed by atoms with Crippen LogP contribution >= 0.6 is 54.5 Å². The summed E-state index contributed by atoms with van der Waals surface area (Å²) < 4.78 is 26.6. The molecule has 0 aliphatic carbocycles. The van der Waals surface area contributed by atoms with Crippen LogP contribution in [0.2, 0.25) is 0 Å². The lowest BCUT2D eigenvalue weighted by Gasteiger charge is -2.11. The van der Waals surface area contributed by atoms with Crippen molar-refractivity contribution >= 4 is 66.6 Å². The van der Waals surface area contributed by atoms with Crippen LogP contribution in [0.3, 0.4) is 0 Å². The van der Waals surface area contributed by atoms with Crippen molar-refractivity contribution in [2.45, 2.75) is 6.61 Å². The van der Waals surface area contributed by atoms with Crippen molar-refractivity contribution in [1.29, 1.82) is 0 Å². The summed E-state index contributed by atoms with van der Waals surface area (Å²) in [5.41, 5.74) is 4.40. The molecule has 3 aromatic carbocycles. The minimum atomic E-state index is -0.348. The molecule has 0 unspecified atom stereocenters. The van der Waals surface area contributed by atoms with E-state index in [0.717, 1.165) is 14.7 Å². The number of amides is 1. The molecule has 160 valence electrons. The average molecular weight is 662 g/mol. The molecule has 0 saturated carbocycles. The Morgan fingerprint density at radius 1 is 1.16 bits per heavy atom. The highest BCUT2D eigenvalue weighted by molar-refractivity contribution is 14.1. The van der Waals surface area contributed by atoms with Crippen LogP contribution in [-0.4, -0.2) is 19.2 Å². The first kappa shape index (κ1) is 23.7. The lowest BCUT2D eigenvalue weighted by atomic mass is 10.2. The summed E-state index contributed by atoms with van der Waals surface area (Å²) in [7, 11) is 1.55. The molecule has 3 rings (SSSR count). The largest absolute Gasteiger partial charge is 0.496 e. The summed E-state index contributed by atoms with van der Waals surface area (Å²) in [5, 5.41) is 4.02. The number of nitrogens with one attached hydrogen (secondary N) is 1. The number of benzene rings is 3. The summed E-state index contributed by atoms with van der Waals surface area (Å²) in [6.45, 7) is 0.220. The monoisotopic (exact) mass is 660 g/mol. The highest BCUT2D eigenvalue weighted by Crippen LogP contribution is 2.35. The molecule has 0 aromatic heterocycles. The second-order valence-electron chi connectivity index (χ2n) is 6.28. The molecular weight excluding hydrogens is 646 g/mol. The third-order valence-corrected chi connectivity index (χ3v) is 6.16. The van der Waals surface area contributed by atoms with Crippen molar-refractivity contribution in [3.05, 3.63) is 89.6 Å². The molecule has 5 nitrogen and oxygen atoms in total. The summed E-state index contributed by atoms with van der Waals surface area (Å²) in [4.78, 5) is 12.3. The van der Waals surface area contributed by atoms with E-state index in [9.17, 15) is 9.18 Å². The third-order valence-electron chi connectivity index (χ3n) is 4.09. The van der Waals surface area contributed by atoms with Crippen molar-refractivity contribution in [3.8, 4) is 11.5 Å². The molecule has 0 saturated heterocycles. The Kier molecular flexibility index (Phi) is 8.44. The van der Waals surface area contributed by atoms with Crippen LogP contribution in [0.15, 0.2) is 68.6 Å². The second-order valence-corrected chi connectivity index (χ2v) is 9.15. The maximum atomic E-state index is 13.3. The molecule has 9 heteroatoms. The Bertz CT molecular complexity index is 1120. The number of rotatable bonds is 7. The Hall–Kier alpha value is -1.98. The van der Waals surface area contributed by atoms with Crippen molar-refractivity contribution in [2.75, 3.05) is 7.11 Å². The van der Waals surface area contributed by atoms with Crippen LogP contribution in [0.4, 0.5) is 4.39 Å².